The average molecular weight is 443 g/mol. The first-order chi connectivity index (χ1) is 15.4. The molecule has 0 fully saturated rings. The Morgan fingerprint density at radius 3 is 2.53 bits per heavy atom. The standard InChI is InChI=1S/C23H30N4O5/c1-5-26(6-2)14-13-24-21(28)23(30)17-9-7-8-10-18(17)25-22(29)27(23)19-12-11-16(31-3)15-20(19)32-4/h7-12,15,30H,5-6,13-14H2,1-4H3,(H,24,28)(H,25,29)/t23-/m1/s1. The first-order valence-corrected chi connectivity index (χ1v) is 10.6. The number of anilines is 2. The number of fused-ring (bicyclic) bond motifs is 1. The van der Waals surface area contributed by atoms with Crippen LogP contribution in [0.15, 0.2) is 42.5 Å². The summed E-state index contributed by atoms with van der Waals surface area (Å²) < 4.78 is 10.7. The Hall–Kier alpha value is -3.30. The topological polar surface area (TPSA) is 103 Å². The normalized spacial score (nSPS) is 17.6. The number of benzene rings is 2. The van der Waals surface area contributed by atoms with Crippen LogP contribution in [0, 0.1) is 0 Å². The molecule has 1 atom stereocenters. The Balaban J connectivity index is 2.05. The van der Waals surface area contributed by atoms with E-state index in [-0.39, 0.29) is 17.0 Å². The van der Waals surface area contributed by atoms with Gasteiger partial charge in [0.25, 0.3) is 11.6 Å². The zero-order chi connectivity index (χ0) is 23.3. The number of amides is 3. The van der Waals surface area contributed by atoms with E-state index in [2.05, 4.69) is 15.5 Å². The number of aliphatic hydroxyl groups is 1. The van der Waals surface area contributed by atoms with Crippen LogP contribution in [0.2, 0.25) is 0 Å². The van der Waals surface area contributed by atoms with Crippen molar-refractivity contribution in [1.29, 1.82) is 0 Å². The van der Waals surface area contributed by atoms with Crippen molar-refractivity contribution in [2.45, 2.75) is 19.6 Å². The highest BCUT2D eigenvalue weighted by atomic mass is 16.5. The number of likely N-dealkylation sites (N-methyl/N-ethyl adjacent to an activating group) is 1. The molecule has 9 nitrogen and oxygen atoms in total. The number of ether oxygens (including phenoxy) is 2. The van der Waals surface area contributed by atoms with Crippen molar-refractivity contribution >= 4 is 23.3 Å². The minimum absolute atomic E-state index is 0.224. The lowest BCUT2D eigenvalue weighted by Crippen LogP contribution is -2.63. The lowest BCUT2D eigenvalue weighted by atomic mass is 9.94. The number of para-hydroxylation sites is 1. The molecule has 172 valence electrons. The molecular weight excluding hydrogens is 412 g/mol. The lowest BCUT2D eigenvalue weighted by Gasteiger charge is -2.43. The molecule has 1 aliphatic heterocycles. The zero-order valence-electron chi connectivity index (χ0n) is 18.8. The Morgan fingerprint density at radius 2 is 1.88 bits per heavy atom. The fourth-order valence-electron chi connectivity index (χ4n) is 3.80. The van der Waals surface area contributed by atoms with Gasteiger partial charge in [-0.2, -0.15) is 0 Å². The quantitative estimate of drug-likeness (QED) is 0.551. The van der Waals surface area contributed by atoms with Gasteiger partial charge < -0.3 is 30.1 Å². The molecule has 3 amide bonds. The van der Waals surface area contributed by atoms with Gasteiger partial charge in [-0.25, -0.2) is 9.69 Å². The van der Waals surface area contributed by atoms with E-state index in [1.165, 1.54) is 14.2 Å². The van der Waals surface area contributed by atoms with Gasteiger partial charge in [-0.1, -0.05) is 32.0 Å². The molecule has 1 aliphatic rings. The predicted octanol–water partition coefficient (Wildman–Crippen LogP) is 2.36. The molecule has 3 N–H and O–H groups in total. The fourth-order valence-corrected chi connectivity index (χ4v) is 3.80. The highest BCUT2D eigenvalue weighted by Crippen LogP contribution is 2.43. The Bertz CT molecular complexity index is 979. The number of urea groups is 1. The molecule has 0 spiro atoms. The maximum atomic E-state index is 13.4. The van der Waals surface area contributed by atoms with Gasteiger partial charge in [0.1, 0.15) is 11.5 Å². The number of carbonyl (C=O) groups excluding carboxylic acids is 2. The van der Waals surface area contributed by atoms with Crippen LogP contribution in [0.4, 0.5) is 16.2 Å². The molecular formula is C23H30N4O5. The molecule has 1 heterocycles. The third kappa shape index (κ3) is 4.21. The van der Waals surface area contributed by atoms with Crippen molar-refractivity contribution in [2.75, 3.05) is 50.6 Å². The minimum Gasteiger partial charge on any atom is -0.497 e. The monoisotopic (exact) mass is 442 g/mol. The molecule has 0 saturated heterocycles. The van der Waals surface area contributed by atoms with Crippen molar-refractivity contribution in [3.63, 3.8) is 0 Å². The van der Waals surface area contributed by atoms with Crippen LogP contribution in [0.1, 0.15) is 19.4 Å². The SMILES string of the molecule is CCN(CC)CCNC(=O)[C@]1(O)c2ccccc2NC(=O)N1c1ccc(OC)cc1OC. The second kappa shape index (κ2) is 9.88. The molecule has 0 aromatic heterocycles. The van der Waals surface area contributed by atoms with E-state index < -0.39 is 17.7 Å². The summed E-state index contributed by atoms with van der Waals surface area (Å²) in [6.45, 7) is 6.71. The van der Waals surface area contributed by atoms with Gasteiger partial charge in [0.15, 0.2) is 0 Å². The van der Waals surface area contributed by atoms with Crippen molar-refractivity contribution in [2.24, 2.45) is 0 Å². The van der Waals surface area contributed by atoms with Crippen LogP contribution in [0.25, 0.3) is 0 Å². The molecule has 9 heteroatoms. The van der Waals surface area contributed by atoms with Gasteiger partial charge >= 0.3 is 6.03 Å². The van der Waals surface area contributed by atoms with E-state index in [9.17, 15) is 14.7 Å². The van der Waals surface area contributed by atoms with Gasteiger partial charge in [0.2, 0.25) is 0 Å². The van der Waals surface area contributed by atoms with Crippen LogP contribution >= 0.6 is 0 Å². The Morgan fingerprint density at radius 1 is 1.16 bits per heavy atom. The van der Waals surface area contributed by atoms with E-state index >= 15 is 0 Å². The third-order valence-corrected chi connectivity index (χ3v) is 5.62. The van der Waals surface area contributed by atoms with E-state index in [0.717, 1.165) is 18.0 Å². The number of nitrogens with zero attached hydrogens (tertiary/aromatic N) is 2. The van der Waals surface area contributed by atoms with Crippen molar-refractivity contribution in [3.05, 3.63) is 48.0 Å². The first kappa shape index (κ1) is 23.4. The van der Waals surface area contributed by atoms with Crippen molar-refractivity contribution in [1.82, 2.24) is 10.2 Å². The number of hydrogen-bond acceptors (Lipinski definition) is 6. The molecule has 0 saturated carbocycles. The molecule has 0 radical (unpaired) electrons. The number of methoxy groups -OCH3 is 2. The van der Waals surface area contributed by atoms with E-state index in [0.29, 0.717) is 24.5 Å². The van der Waals surface area contributed by atoms with E-state index in [4.69, 9.17) is 9.47 Å². The molecule has 2 aromatic carbocycles. The van der Waals surface area contributed by atoms with Crippen molar-refractivity contribution < 1.29 is 24.2 Å². The highest BCUT2D eigenvalue weighted by Gasteiger charge is 2.52. The van der Waals surface area contributed by atoms with Gasteiger partial charge in [-0.3, -0.25) is 4.79 Å². The Labute approximate surface area is 187 Å². The Kier molecular flexibility index (Phi) is 7.22. The summed E-state index contributed by atoms with van der Waals surface area (Å²) in [5.41, 5.74) is -1.44. The molecule has 0 bridgehead atoms. The van der Waals surface area contributed by atoms with E-state index in [1.807, 2.05) is 13.8 Å². The van der Waals surface area contributed by atoms with E-state index in [1.54, 1.807) is 42.5 Å². The molecule has 0 aliphatic carbocycles. The lowest BCUT2D eigenvalue weighted by molar-refractivity contribution is -0.140. The van der Waals surface area contributed by atoms with Crippen LogP contribution in [-0.2, 0) is 10.5 Å². The predicted molar refractivity (Wildman–Crippen MR) is 122 cm³/mol. The molecule has 3 rings (SSSR count). The van der Waals surface area contributed by atoms with Gasteiger partial charge in [0, 0.05) is 24.7 Å². The average Bonchev–Trinajstić information content (AvgIpc) is 2.81. The van der Waals surface area contributed by atoms with Gasteiger partial charge in [-0.15, -0.1) is 0 Å². The largest absolute Gasteiger partial charge is 0.497 e. The van der Waals surface area contributed by atoms with Crippen LogP contribution in [0.3, 0.4) is 0 Å². The smallest absolute Gasteiger partial charge is 0.329 e. The highest BCUT2D eigenvalue weighted by molar-refractivity contribution is 6.12. The van der Waals surface area contributed by atoms with Crippen LogP contribution in [-0.4, -0.2) is 62.3 Å². The summed E-state index contributed by atoms with van der Waals surface area (Å²) in [6, 6.07) is 10.8. The number of carbonyl (C=O) groups is 2. The third-order valence-electron chi connectivity index (χ3n) is 5.62. The van der Waals surface area contributed by atoms with Crippen LogP contribution < -0.4 is 25.0 Å². The van der Waals surface area contributed by atoms with Gasteiger partial charge in [-0.05, 0) is 31.3 Å². The molecule has 2 aromatic rings. The number of nitrogens with one attached hydrogen (secondary N) is 2. The maximum Gasteiger partial charge on any atom is 0.329 e. The van der Waals surface area contributed by atoms with Gasteiger partial charge in [0.05, 0.1) is 25.6 Å². The summed E-state index contributed by atoms with van der Waals surface area (Å²) in [6.07, 6.45) is 0. The number of rotatable bonds is 9. The summed E-state index contributed by atoms with van der Waals surface area (Å²) >= 11 is 0. The number of hydrogen-bond donors (Lipinski definition) is 3. The molecule has 32 heavy (non-hydrogen) atoms. The van der Waals surface area contributed by atoms with Crippen LogP contribution in [0.5, 0.6) is 11.5 Å². The molecule has 0 unspecified atom stereocenters. The first-order valence-electron chi connectivity index (χ1n) is 10.6. The second-order valence-corrected chi connectivity index (χ2v) is 7.30. The fraction of sp³-hybridized carbons (Fsp3) is 0.391. The summed E-state index contributed by atoms with van der Waals surface area (Å²) in [4.78, 5) is 29.7. The minimum atomic E-state index is -2.29. The second-order valence-electron chi connectivity index (χ2n) is 7.30. The summed E-state index contributed by atoms with van der Waals surface area (Å²) in [5, 5.41) is 17.4. The summed E-state index contributed by atoms with van der Waals surface area (Å²) in [5.74, 6) is 0.0775. The van der Waals surface area contributed by atoms with Crippen molar-refractivity contribution in [3.8, 4) is 11.5 Å². The maximum absolute atomic E-state index is 13.4. The summed E-state index contributed by atoms with van der Waals surface area (Å²) in [7, 11) is 2.95. The zero-order valence-corrected chi connectivity index (χ0v) is 18.8.